The van der Waals surface area contributed by atoms with Crippen LogP contribution in [0, 0.1) is 5.92 Å². The van der Waals surface area contributed by atoms with Crippen LogP contribution < -0.4 is 10.6 Å². The zero-order chi connectivity index (χ0) is 12.2. The Hall–Kier alpha value is -1.55. The molecule has 2 N–H and O–H groups in total. The van der Waals surface area contributed by atoms with Crippen molar-refractivity contribution in [3.63, 3.8) is 0 Å². The number of piperidine rings is 1. The summed E-state index contributed by atoms with van der Waals surface area (Å²) in [6.07, 6.45) is 5.38. The molecule has 0 spiro atoms. The van der Waals surface area contributed by atoms with E-state index >= 15 is 0 Å². The molecule has 1 atom stereocenters. The lowest BCUT2D eigenvalue weighted by Gasteiger charge is -2.22. The maximum Gasteiger partial charge on any atom is 0.181 e. The van der Waals surface area contributed by atoms with E-state index in [9.17, 15) is 0 Å². The third-order valence-electron chi connectivity index (χ3n) is 3.61. The Morgan fingerprint density at radius 1 is 1.44 bits per heavy atom. The highest BCUT2D eigenvalue weighted by molar-refractivity contribution is 5.76. The standard InChI is InChI=1S/C14H19N3O/c1-2-11(9-15-6-1)5-7-16-12-3-4-13-14(8-12)18-10-17-13/h3-4,8,10-11,15-16H,1-2,5-7,9H2. The van der Waals surface area contributed by atoms with Crippen LogP contribution in [0.2, 0.25) is 0 Å². The molecular formula is C14H19N3O. The number of nitrogens with one attached hydrogen (secondary N) is 2. The maximum atomic E-state index is 5.29. The van der Waals surface area contributed by atoms with Crippen LogP contribution in [-0.4, -0.2) is 24.6 Å². The van der Waals surface area contributed by atoms with Crippen LogP contribution in [0.4, 0.5) is 5.69 Å². The van der Waals surface area contributed by atoms with Gasteiger partial charge in [-0.1, -0.05) is 0 Å². The Kier molecular flexibility index (Phi) is 3.46. The van der Waals surface area contributed by atoms with Crippen molar-refractivity contribution in [1.29, 1.82) is 0 Å². The molecule has 0 radical (unpaired) electrons. The Bertz CT molecular complexity index is 502. The van der Waals surface area contributed by atoms with E-state index < -0.39 is 0 Å². The minimum atomic E-state index is 0.820. The summed E-state index contributed by atoms with van der Waals surface area (Å²) >= 11 is 0. The molecule has 3 rings (SSSR count). The van der Waals surface area contributed by atoms with E-state index in [1.54, 1.807) is 0 Å². The van der Waals surface area contributed by atoms with E-state index in [0.717, 1.165) is 29.2 Å². The zero-order valence-corrected chi connectivity index (χ0v) is 10.5. The number of oxazole rings is 1. The summed E-state index contributed by atoms with van der Waals surface area (Å²) in [5.41, 5.74) is 2.87. The molecule has 18 heavy (non-hydrogen) atoms. The molecule has 96 valence electrons. The number of fused-ring (bicyclic) bond motifs is 1. The largest absolute Gasteiger partial charge is 0.443 e. The summed E-state index contributed by atoms with van der Waals surface area (Å²) in [7, 11) is 0. The second-order valence-electron chi connectivity index (χ2n) is 4.96. The summed E-state index contributed by atoms with van der Waals surface area (Å²) in [6.45, 7) is 3.38. The van der Waals surface area contributed by atoms with Crippen LogP contribution in [-0.2, 0) is 0 Å². The van der Waals surface area contributed by atoms with Crippen LogP contribution in [0.5, 0.6) is 0 Å². The summed E-state index contributed by atoms with van der Waals surface area (Å²) in [5.74, 6) is 0.820. The molecule has 1 saturated heterocycles. The Balaban J connectivity index is 1.52. The maximum absolute atomic E-state index is 5.29. The normalized spacial score (nSPS) is 20.1. The van der Waals surface area contributed by atoms with Gasteiger partial charge < -0.3 is 15.1 Å². The number of aromatic nitrogens is 1. The lowest BCUT2D eigenvalue weighted by molar-refractivity contribution is 0.364. The number of hydrogen-bond donors (Lipinski definition) is 2. The van der Waals surface area contributed by atoms with E-state index in [1.165, 1.54) is 38.7 Å². The molecule has 1 aliphatic heterocycles. The number of anilines is 1. The molecule has 0 amide bonds. The molecule has 2 aromatic rings. The molecule has 1 aromatic heterocycles. The molecule has 4 nitrogen and oxygen atoms in total. The first-order chi connectivity index (χ1) is 8.92. The van der Waals surface area contributed by atoms with Gasteiger partial charge >= 0.3 is 0 Å². The van der Waals surface area contributed by atoms with Crippen LogP contribution in [0.1, 0.15) is 19.3 Å². The van der Waals surface area contributed by atoms with Gasteiger partial charge in [0.2, 0.25) is 0 Å². The zero-order valence-electron chi connectivity index (χ0n) is 10.5. The second kappa shape index (κ2) is 5.40. The van der Waals surface area contributed by atoms with Crippen molar-refractivity contribution < 1.29 is 4.42 Å². The SMILES string of the molecule is c1nc2ccc(NCCC3CCCNC3)cc2o1. The van der Waals surface area contributed by atoms with Gasteiger partial charge in [0, 0.05) is 18.3 Å². The number of rotatable bonds is 4. The van der Waals surface area contributed by atoms with Gasteiger partial charge in [-0.25, -0.2) is 4.98 Å². The average molecular weight is 245 g/mol. The average Bonchev–Trinajstić information content (AvgIpc) is 2.87. The quantitative estimate of drug-likeness (QED) is 0.869. The highest BCUT2D eigenvalue weighted by Gasteiger charge is 2.12. The Morgan fingerprint density at radius 2 is 2.44 bits per heavy atom. The van der Waals surface area contributed by atoms with Crippen molar-refractivity contribution in [3.05, 3.63) is 24.6 Å². The Labute approximate surface area is 107 Å². The monoisotopic (exact) mass is 245 g/mol. The second-order valence-corrected chi connectivity index (χ2v) is 4.96. The molecule has 1 aliphatic rings. The topological polar surface area (TPSA) is 50.1 Å². The minimum Gasteiger partial charge on any atom is -0.443 e. The molecule has 2 heterocycles. The number of benzene rings is 1. The van der Waals surface area contributed by atoms with E-state index in [2.05, 4.69) is 21.7 Å². The molecule has 1 fully saturated rings. The fourth-order valence-corrected chi connectivity index (χ4v) is 2.56. The summed E-state index contributed by atoms with van der Waals surface area (Å²) in [4.78, 5) is 4.11. The van der Waals surface area contributed by atoms with Crippen LogP contribution in [0.25, 0.3) is 11.1 Å². The van der Waals surface area contributed by atoms with Gasteiger partial charge in [-0.2, -0.15) is 0 Å². The molecule has 1 unspecified atom stereocenters. The fraction of sp³-hybridized carbons (Fsp3) is 0.500. The first-order valence-corrected chi connectivity index (χ1v) is 6.70. The predicted octanol–water partition coefficient (Wildman–Crippen LogP) is 2.63. The van der Waals surface area contributed by atoms with E-state index in [4.69, 9.17) is 4.42 Å². The van der Waals surface area contributed by atoms with Crippen LogP contribution >= 0.6 is 0 Å². The predicted molar refractivity (Wildman–Crippen MR) is 72.7 cm³/mol. The first kappa shape index (κ1) is 11.5. The lowest BCUT2D eigenvalue weighted by Crippen LogP contribution is -2.30. The smallest absolute Gasteiger partial charge is 0.181 e. The van der Waals surface area contributed by atoms with E-state index in [-0.39, 0.29) is 0 Å². The summed E-state index contributed by atoms with van der Waals surface area (Å²) in [6, 6.07) is 6.06. The van der Waals surface area contributed by atoms with Gasteiger partial charge in [-0.05, 0) is 50.4 Å². The van der Waals surface area contributed by atoms with Crippen LogP contribution in [0.15, 0.2) is 29.0 Å². The van der Waals surface area contributed by atoms with Gasteiger partial charge in [0.15, 0.2) is 12.0 Å². The third kappa shape index (κ3) is 2.64. The Morgan fingerprint density at radius 3 is 3.33 bits per heavy atom. The van der Waals surface area contributed by atoms with Crippen molar-refractivity contribution >= 4 is 16.8 Å². The molecule has 1 aromatic carbocycles. The third-order valence-corrected chi connectivity index (χ3v) is 3.61. The highest BCUT2D eigenvalue weighted by atomic mass is 16.3. The first-order valence-electron chi connectivity index (χ1n) is 6.70. The fourth-order valence-electron chi connectivity index (χ4n) is 2.56. The molecule has 4 heteroatoms. The van der Waals surface area contributed by atoms with Gasteiger partial charge in [-0.15, -0.1) is 0 Å². The number of nitrogens with zero attached hydrogens (tertiary/aromatic N) is 1. The van der Waals surface area contributed by atoms with Crippen molar-refractivity contribution in [2.75, 3.05) is 25.0 Å². The lowest BCUT2D eigenvalue weighted by atomic mass is 9.96. The highest BCUT2D eigenvalue weighted by Crippen LogP contribution is 2.19. The number of hydrogen-bond acceptors (Lipinski definition) is 4. The van der Waals surface area contributed by atoms with Crippen molar-refractivity contribution in [2.45, 2.75) is 19.3 Å². The molecular weight excluding hydrogens is 226 g/mol. The minimum absolute atomic E-state index is 0.820. The van der Waals surface area contributed by atoms with Gasteiger partial charge in [-0.3, -0.25) is 0 Å². The van der Waals surface area contributed by atoms with Gasteiger partial charge in [0.25, 0.3) is 0 Å². The van der Waals surface area contributed by atoms with Gasteiger partial charge in [0.05, 0.1) is 0 Å². The van der Waals surface area contributed by atoms with Crippen molar-refractivity contribution in [3.8, 4) is 0 Å². The summed E-state index contributed by atoms with van der Waals surface area (Å²) in [5, 5.41) is 6.91. The summed E-state index contributed by atoms with van der Waals surface area (Å²) < 4.78 is 5.29. The molecule has 0 aliphatic carbocycles. The van der Waals surface area contributed by atoms with Gasteiger partial charge in [0.1, 0.15) is 5.52 Å². The molecule has 0 bridgehead atoms. The van der Waals surface area contributed by atoms with E-state index in [1.807, 2.05) is 12.1 Å². The molecule has 0 saturated carbocycles. The van der Waals surface area contributed by atoms with Crippen molar-refractivity contribution in [2.24, 2.45) is 5.92 Å². The van der Waals surface area contributed by atoms with Crippen molar-refractivity contribution in [1.82, 2.24) is 10.3 Å². The van der Waals surface area contributed by atoms with E-state index in [0.29, 0.717) is 0 Å². The van der Waals surface area contributed by atoms with Crippen LogP contribution in [0.3, 0.4) is 0 Å².